The Kier molecular flexibility index (Phi) is 6.17. The molecule has 0 spiro atoms. The summed E-state index contributed by atoms with van der Waals surface area (Å²) in [6.07, 6.45) is 5.08. The van der Waals surface area contributed by atoms with E-state index in [1.807, 2.05) is 6.26 Å². The van der Waals surface area contributed by atoms with Gasteiger partial charge in [0.15, 0.2) is 0 Å². The molecule has 0 aromatic carbocycles. The number of thioether (sulfide) groups is 1. The second-order valence-electron chi connectivity index (χ2n) is 5.85. The SMILES string of the molecule is CSCC[C@@H](NC(=O)N1CCN(CC2CC2)CC1)C(=O)O. The topological polar surface area (TPSA) is 72.9 Å². The number of hydrogen-bond donors (Lipinski definition) is 2. The average Bonchev–Trinajstić information content (AvgIpc) is 3.27. The molecule has 0 aromatic heterocycles. The Morgan fingerprint density at radius 3 is 2.48 bits per heavy atom. The third-order valence-electron chi connectivity index (χ3n) is 4.08. The van der Waals surface area contributed by atoms with Crippen molar-refractivity contribution in [2.75, 3.05) is 44.7 Å². The number of amides is 2. The summed E-state index contributed by atoms with van der Waals surface area (Å²) in [7, 11) is 0. The highest BCUT2D eigenvalue weighted by molar-refractivity contribution is 7.98. The maximum Gasteiger partial charge on any atom is 0.326 e. The third-order valence-corrected chi connectivity index (χ3v) is 4.72. The van der Waals surface area contributed by atoms with Crippen molar-refractivity contribution in [1.82, 2.24) is 15.1 Å². The van der Waals surface area contributed by atoms with Gasteiger partial charge in [0, 0.05) is 32.7 Å². The summed E-state index contributed by atoms with van der Waals surface area (Å²) in [5.74, 6) is 0.643. The fourth-order valence-electron chi connectivity index (χ4n) is 2.53. The molecule has 0 radical (unpaired) electrons. The van der Waals surface area contributed by atoms with Crippen molar-refractivity contribution in [3.63, 3.8) is 0 Å². The van der Waals surface area contributed by atoms with Crippen LogP contribution >= 0.6 is 11.8 Å². The van der Waals surface area contributed by atoms with Crippen molar-refractivity contribution >= 4 is 23.8 Å². The molecule has 1 aliphatic heterocycles. The van der Waals surface area contributed by atoms with E-state index in [-0.39, 0.29) is 6.03 Å². The van der Waals surface area contributed by atoms with Gasteiger partial charge in [-0.25, -0.2) is 9.59 Å². The van der Waals surface area contributed by atoms with Crippen LogP contribution in [-0.2, 0) is 4.79 Å². The molecule has 7 heteroatoms. The van der Waals surface area contributed by atoms with E-state index in [0.29, 0.717) is 19.5 Å². The van der Waals surface area contributed by atoms with Gasteiger partial charge >= 0.3 is 12.0 Å². The molecule has 1 saturated carbocycles. The first kappa shape index (κ1) is 16.4. The van der Waals surface area contributed by atoms with E-state index in [0.717, 1.165) is 31.3 Å². The number of carbonyl (C=O) groups is 2. The van der Waals surface area contributed by atoms with Crippen LogP contribution in [0.4, 0.5) is 4.79 Å². The van der Waals surface area contributed by atoms with Crippen LogP contribution in [0.25, 0.3) is 0 Å². The average molecular weight is 315 g/mol. The Balaban J connectivity index is 1.73. The van der Waals surface area contributed by atoms with Crippen LogP contribution in [0.3, 0.4) is 0 Å². The first-order chi connectivity index (χ1) is 10.1. The molecule has 21 heavy (non-hydrogen) atoms. The molecule has 2 amide bonds. The Bertz CT molecular complexity index is 368. The molecule has 2 fully saturated rings. The van der Waals surface area contributed by atoms with E-state index in [9.17, 15) is 9.59 Å². The summed E-state index contributed by atoms with van der Waals surface area (Å²) < 4.78 is 0. The molecular formula is C14H25N3O3S. The molecule has 0 aromatic rings. The molecule has 1 atom stereocenters. The fraction of sp³-hybridized carbons (Fsp3) is 0.857. The highest BCUT2D eigenvalue weighted by Crippen LogP contribution is 2.29. The number of nitrogens with one attached hydrogen (secondary N) is 1. The van der Waals surface area contributed by atoms with Gasteiger partial charge < -0.3 is 15.3 Å². The van der Waals surface area contributed by atoms with Crippen molar-refractivity contribution in [2.24, 2.45) is 5.92 Å². The molecule has 6 nitrogen and oxygen atoms in total. The summed E-state index contributed by atoms with van der Waals surface area (Å²) in [6.45, 7) is 4.32. The van der Waals surface area contributed by atoms with E-state index in [1.165, 1.54) is 12.8 Å². The highest BCUT2D eigenvalue weighted by atomic mass is 32.2. The summed E-state index contributed by atoms with van der Waals surface area (Å²) in [5, 5.41) is 11.8. The van der Waals surface area contributed by atoms with Crippen LogP contribution in [0.1, 0.15) is 19.3 Å². The molecule has 2 rings (SSSR count). The zero-order valence-corrected chi connectivity index (χ0v) is 13.4. The van der Waals surface area contributed by atoms with Gasteiger partial charge in [0.2, 0.25) is 0 Å². The summed E-state index contributed by atoms with van der Waals surface area (Å²) in [4.78, 5) is 27.4. The lowest BCUT2D eigenvalue weighted by atomic mass is 10.2. The van der Waals surface area contributed by atoms with E-state index < -0.39 is 12.0 Å². The van der Waals surface area contributed by atoms with Crippen LogP contribution in [0.5, 0.6) is 0 Å². The Labute approximate surface area is 130 Å². The summed E-state index contributed by atoms with van der Waals surface area (Å²) in [6, 6.07) is -1.02. The van der Waals surface area contributed by atoms with Crippen LogP contribution in [0.2, 0.25) is 0 Å². The number of nitrogens with zero attached hydrogens (tertiary/aromatic N) is 2. The number of aliphatic carboxylic acids is 1. The van der Waals surface area contributed by atoms with Gasteiger partial charge in [-0.05, 0) is 37.2 Å². The Morgan fingerprint density at radius 1 is 1.29 bits per heavy atom. The minimum atomic E-state index is -0.954. The van der Waals surface area contributed by atoms with E-state index in [2.05, 4.69) is 10.2 Å². The number of piperazine rings is 1. The molecule has 0 unspecified atom stereocenters. The first-order valence-corrected chi connectivity index (χ1v) is 8.99. The fourth-order valence-corrected chi connectivity index (χ4v) is 3.00. The lowest BCUT2D eigenvalue weighted by Gasteiger charge is -2.35. The number of carbonyl (C=O) groups excluding carboxylic acids is 1. The minimum absolute atomic E-state index is 0.241. The number of carboxylic acid groups (broad SMARTS) is 1. The lowest BCUT2D eigenvalue weighted by Crippen LogP contribution is -2.54. The zero-order valence-electron chi connectivity index (χ0n) is 12.6. The second kappa shape index (κ2) is 7.89. The van der Waals surface area contributed by atoms with E-state index >= 15 is 0 Å². The Hall–Kier alpha value is -0.950. The van der Waals surface area contributed by atoms with Gasteiger partial charge in [0.25, 0.3) is 0 Å². The molecule has 2 aliphatic rings. The van der Waals surface area contributed by atoms with Gasteiger partial charge in [0.1, 0.15) is 6.04 Å². The van der Waals surface area contributed by atoms with Crippen LogP contribution in [0.15, 0.2) is 0 Å². The number of carboxylic acids is 1. The van der Waals surface area contributed by atoms with Gasteiger partial charge in [-0.1, -0.05) is 0 Å². The van der Waals surface area contributed by atoms with Crippen molar-refractivity contribution in [2.45, 2.75) is 25.3 Å². The predicted octanol–water partition coefficient (Wildman–Crippen LogP) is 0.930. The molecule has 120 valence electrons. The number of urea groups is 1. The molecule has 1 saturated heterocycles. The number of rotatable bonds is 7. The van der Waals surface area contributed by atoms with E-state index in [4.69, 9.17) is 5.11 Å². The van der Waals surface area contributed by atoms with E-state index in [1.54, 1.807) is 16.7 Å². The van der Waals surface area contributed by atoms with Gasteiger partial charge in [-0.2, -0.15) is 11.8 Å². The maximum absolute atomic E-state index is 12.1. The van der Waals surface area contributed by atoms with Crippen LogP contribution < -0.4 is 5.32 Å². The van der Waals surface area contributed by atoms with Crippen molar-refractivity contribution in [1.29, 1.82) is 0 Å². The molecule has 1 heterocycles. The monoisotopic (exact) mass is 315 g/mol. The van der Waals surface area contributed by atoms with Crippen molar-refractivity contribution in [3.05, 3.63) is 0 Å². The highest BCUT2D eigenvalue weighted by Gasteiger charge is 2.29. The summed E-state index contributed by atoms with van der Waals surface area (Å²) in [5.41, 5.74) is 0. The van der Waals surface area contributed by atoms with Crippen molar-refractivity contribution in [3.8, 4) is 0 Å². The quantitative estimate of drug-likeness (QED) is 0.731. The normalized spacial score (nSPS) is 21.1. The molecular weight excluding hydrogens is 290 g/mol. The van der Waals surface area contributed by atoms with Crippen LogP contribution in [0, 0.1) is 5.92 Å². The largest absolute Gasteiger partial charge is 0.480 e. The molecule has 2 N–H and O–H groups in total. The Morgan fingerprint density at radius 2 is 1.95 bits per heavy atom. The predicted molar refractivity (Wildman–Crippen MR) is 83.7 cm³/mol. The number of hydrogen-bond acceptors (Lipinski definition) is 4. The summed E-state index contributed by atoms with van der Waals surface area (Å²) >= 11 is 1.59. The minimum Gasteiger partial charge on any atom is -0.480 e. The third kappa shape index (κ3) is 5.39. The molecule has 1 aliphatic carbocycles. The van der Waals surface area contributed by atoms with Gasteiger partial charge in [-0.3, -0.25) is 4.90 Å². The van der Waals surface area contributed by atoms with Gasteiger partial charge in [0.05, 0.1) is 0 Å². The zero-order chi connectivity index (χ0) is 15.2. The smallest absolute Gasteiger partial charge is 0.326 e. The lowest BCUT2D eigenvalue weighted by molar-refractivity contribution is -0.139. The van der Waals surface area contributed by atoms with Crippen molar-refractivity contribution < 1.29 is 14.7 Å². The maximum atomic E-state index is 12.1. The molecule has 0 bridgehead atoms. The van der Waals surface area contributed by atoms with Gasteiger partial charge in [-0.15, -0.1) is 0 Å². The second-order valence-corrected chi connectivity index (χ2v) is 6.84. The van der Waals surface area contributed by atoms with Crippen LogP contribution in [-0.4, -0.2) is 77.7 Å². The first-order valence-electron chi connectivity index (χ1n) is 7.59. The standard InChI is InChI=1S/C14H25N3O3S/c1-21-9-4-12(13(18)19)15-14(20)17-7-5-16(6-8-17)10-11-2-3-11/h11-12H,2-10H2,1H3,(H,15,20)(H,18,19)/t12-/m1/s1.